The van der Waals surface area contributed by atoms with Crippen LogP contribution in [0, 0.1) is 6.92 Å². The van der Waals surface area contributed by atoms with Gasteiger partial charge in [-0.05, 0) is 111 Å². The normalized spacial score (nSPS) is 10.4. The number of hydrogen-bond acceptors (Lipinski definition) is 10. The molecule has 0 heterocycles. The Bertz CT molecular complexity index is 1440. The highest BCUT2D eigenvalue weighted by Crippen LogP contribution is 2.26. The lowest BCUT2D eigenvalue weighted by molar-refractivity contribution is -0.144. The second-order valence-electron chi connectivity index (χ2n) is 10.2. The van der Waals surface area contributed by atoms with Crippen molar-refractivity contribution in [2.45, 2.75) is 52.4 Å². The first kappa shape index (κ1) is 35.4. The quantitative estimate of drug-likeness (QED) is 0.0602. The van der Waals surface area contributed by atoms with E-state index in [9.17, 15) is 19.2 Å². The molecule has 0 radical (unpaired) electrons. The van der Waals surface area contributed by atoms with Gasteiger partial charge in [-0.3, -0.25) is 4.79 Å². The lowest BCUT2D eigenvalue weighted by Crippen LogP contribution is -2.11. The van der Waals surface area contributed by atoms with E-state index in [0.717, 1.165) is 18.9 Å². The highest BCUT2D eigenvalue weighted by molar-refractivity contribution is 5.92. The van der Waals surface area contributed by atoms with Gasteiger partial charge in [0.15, 0.2) is 0 Å². The second-order valence-corrected chi connectivity index (χ2v) is 10.2. The minimum Gasteiger partial charge on any atom is -0.494 e. The van der Waals surface area contributed by atoms with Crippen LogP contribution in [0.3, 0.4) is 0 Å². The number of rotatable bonds is 19. The maximum Gasteiger partial charge on any atom is 0.343 e. The SMILES string of the molecule is C=CC(=O)OCCCCOc1ccc(C(=O)Oc2ccc(OC(=O)c3ccc(OCCCCOC(=O)CCC)cc3)cc2C)cc1. The number of aryl methyl sites for hydroxylation is 1. The minimum absolute atomic E-state index is 0.179. The first-order chi connectivity index (χ1) is 22.3. The molecule has 0 amide bonds. The fourth-order valence-corrected chi connectivity index (χ4v) is 3.98. The molecular formula is C36H40O10. The average Bonchev–Trinajstić information content (AvgIpc) is 3.06. The van der Waals surface area contributed by atoms with E-state index in [1.807, 2.05) is 6.92 Å². The summed E-state index contributed by atoms with van der Waals surface area (Å²) in [7, 11) is 0. The van der Waals surface area contributed by atoms with Crippen LogP contribution in [0.15, 0.2) is 79.4 Å². The van der Waals surface area contributed by atoms with Crippen LogP contribution >= 0.6 is 0 Å². The van der Waals surface area contributed by atoms with Crippen LogP contribution in [0.2, 0.25) is 0 Å². The van der Waals surface area contributed by atoms with Crippen LogP contribution in [0.25, 0.3) is 0 Å². The van der Waals surface area contributed by atoms with Crippen molar-refractivity contribution in [1.82, 2.24) is 0 Å². The maximum atomic E-state index is 12.7. The van der Waals surface area contributed by atoms with Crippen LogP contribution in [-0.4, -0.2) is 50.3 Å². The first-order valence-electron chi connectivity index (χ1n) is 15.2. The molecule has 0 aliphatic rings. The molecule has 0 aromatic heterocycles. The zero-order valence-corrected chi connectivity index (χ0v) is 26.3. The molecule has 3 rings (SSSR count). The molecule has 0 aliphatic carbocycles. The lowest BCUT2D eigenvalue weighted by Gasteiger charge is -2.11. The first-order valence-corrected chi connectivity index (χ1v) is 15.2. The number of ether oxygens (including phenoxy) is 6. The Balaban J connectivity index is 1.40. The number of benzene rings is 3. The van der Waals surface area contributed by atoms with Gasteiger partial charge in [-0.15, -0.1) is 0 Å². The van der Waals surface area contributed by atoms with Crippen molar-refractivity contribution in [3.05, 3.63) is 96.1 Å². The van der Waals surface area contributed by atoms with E-state index < -0.39 is 17.9 Å². The van der Waals surface area contributed by atoms with E-state index in [4.69, 9.17) is 28.4 Å². The summed E-state index contributed by atoms with van der Waals surface area (Å²) in [5.41, 5.74) is 1.31. The molecule has 3 aromatic carbocycles. The molecule has 10 heteroatoms. The molecule has 0 N–H and O–H groups in total. The van der Waals surface area contributed by atoms with Gasteiger partial charge in [0.05, 0.1) is 37.6 Å². The fraction of sp³-hybridized carbons (Fsp3) is 0.333. The molecular weight excluding hydrogens is 592 g/mol. The van der Waals surface area contributed by atoms with Crippen molar-refractivity contribution in [2.24, 2.45) is 0 Å². The van der Waals surface area contributed by atoms with Crippen molar-refractivity contribution in [1.29, 1.82) is 0 Å². The zero-order chi connectivity index (χ0) is 33.1. The van der Waals surface area contributed by atoms with E-state index in [0.29, 0.717) is 91.8 Å². The molecule has 244 valence electrons. The molecule has 0 aliphatic heterocycles. The summed E-state index contributed by atoms with van der Waals surface area (Å²) in [6.45, 7) is 8.60. The lowest BCUT2D eigenvalue weighted by atomic mass is 10.2. The minimum atomic E-state index is -0.541. The predicted octanol–water partition coefficient (Wildman–Crippen LogP) is 6.82. The third-order valence-electron chi connectivity index (χ3n) is 6.48. The number of unbranched alkanes of at least 4 members (excludes halogenated alkanes) is 2. The Hall–Kier alpha value is -5.12. The van der Waals surface area contributed by atoms with Gasteiger partial charge >= 0.3 is 23.9 Å². The molecule has 46 heavy (non-hydrogen) atoms. The summed E-state index contributed by atoms with van der Waals surface area (Å²) in [4.78, 5) is 47.8. The zero-order valence-electron chi connectivity index (χ0n) is 26.3. The summed E-state index contributed by atoms with van der Waals surface area (Å²) in [5, 5.41) is 0. The number of carbonyl (C=O) groups is 4. The summed E-state index contributed by atoms with van der Waals surface area (Å²) in [6.07, 6.45) is 5.12. The van der Waals surface area contributed by atoms with Gasteiger partial charge in [-0.2, -0.15) is 0 Å². The summed E-state index contributed by atoms with van der Waals surface area (Å²) in [5.74, 6) is 0.152. The van der Waals surface area contributed by atoms with Crippen molar-refractivity contribution in [3.8, 4) is 23.0 Å². The number of carbonyl (C=O) groups excluding carboxylic acids is 4. The Morgan fingerprint density at radius 1 is 0.652 bits per heavy atom. The van der Waals surface area contributed by atoms with Crippen LogP contribution < -0.4 is 18.9 Å². The molecule has 10 nitrogen and oxygen atoms in total. The van der Waals surface area contributed by atoms with E-state index >= 15 is 0 Å². The van der Waals surface area contributed by atoms with Gasteiger partial charge in [-0.25, -0.2) is 14.4 Å². The van der Waals surface area contributed by atoms with Crippen LogP contribution in [0.5, 0.6) is 23.0 Å². The molecule has 0 atom stereocenters. The molecule has 0 spiro atoms. The number of hydrogen-bond donors (Lipinski definition) is 0. The van der Waals surface area contributed by atoms with Crippen molar-refractivity contribution >= 4 is 23.9 Å². The Labute approximate surface area is 269 Å². The van der Waals surface area contributed by atoms with E-state index in [-0.39, 0.29) is 5.97 Å². The summed E-state index contributed by atoms with van der Waals surface area (Å²) in [6, 6.07) is 17.9. The van der Waals surface area contributed by atoms with Gasteiger partial charge in [0.1, 0.15) is 23.0 Å². The van der Waals surface area contributed by atoms with Crippen molar-refractivity contribution in [3.63, 3.8) is 0 Å². The standard InChI is InChI=1S/C36H40O10/c1-4-10-34(38)44-24-9-7-22-42-29-15-11-27(12-16-29)35(39)45-31-19-20-32(26(3)25-31)46-36(40)28-13-17-30(18-14-28)41-21-6-8-23-43-33(37)5-2/h5,11-20,25H,2,4,6-10,21-24H2,1,3H3. The van der Waals surface area contributed by atoms with Gasteiger partial charge in [0.2, 0.25) is 0 Å². The van der Waals surface area contributed by atoms with Gasteiger partial charge in [-0.1, -0.05) is 13.5 Å². The van der Waals surface area contributed by atoms with E-state index in [1.165, 1.54) is 0 Å². The topological polar surface area (TPSA) is 124 Å². The summed E-state index contributed by atoms with van der Waals surface area (Å²) < 4.78 is 32.5. The van der Waals surface area contributed by atoms with Gasteiger partial charge < -0.3 is 28.4 Å². The molecule has 0 saturated heterocycles. The van der Waals surface area contributed by atoms with Gasteiger partial charge in [0.25, 0.3) is 0 Å². The highest BCUT2D eigenvalue weighted by Gasteiger charge is 2.14. The van der Waals surface area contributed by atoms with Gasteiger partial charge in [0, 0.05) is 12.5 Å². The maximum absolute atomic E-state index is 12.7. The van der Waals surface area contributed by atoms with Crippen molar-refractivity contribution < 1.29 is 47.6 Å². The molecule has 3 aromatic rings. The molecule has 0 fully saturated rings. The molecule has 0 unspecified atom stereocenters. The monoisotopic (exact) mass is 632 g/mol. The predicted molar refractivity (Wildman–Crippen MR) is 170 cm³/mol. The Morgan fingerprint density at radius 2 is 1.15 bits per heavy atom. The van der Waals surface area contributed by atoms with E-state index in [1.54, 1.807) is 73.7 Å². The highest BCUT2D eigenvalue weighted by atomic mass is 16.5. The molecule has 0 saturated carbocycles. The second kappa shape index (κ2) is 19.3. The number of esters is 4. The summed E-state index contributed by atoms with van der Waals surface area (Å²) >= 11 is 0. The van der Waals surface area contributed by atoms with Crippen LogP contribution in [-0.2, 0) is 19.1 Å². The third-order valence-corrected chi connectivity index (χ3v) is 6.48. The van der Waals surface area contributed by atoms with Crippen LogP contribution in [0.1, 0.15) is 71.7 Å². The largest absolute Gasteiger partial charge is 0.494 e. The third kappa shape index (κ3) is 12.5. The van der Waals surface area contributed by atoms with Crippen molar-refractivity contribution in [2.75, 3.05) is 26.4 Å². The molecule has 0 bridgehead atoms. The Kier molecular flexibility index (Phi) is 14.8. The van der Waals surface area contributed by atoms with E-state index in [2.05, 4.69) is 6.58 Å². The smallest absolute Gasteiger partial charge is 0.343 e. The average molecular weight is 633 g/mol. The van der Waals surface area contributed by atoms with Crippen LogP contribution in [0.4, 0.5) is 0 Å². The fourth-order valence-electron chi connectivity index (χ4n) is 3.98. The Morgan fingerprint density at radius 3 is 1.67 bits per heavy atom.